The van der Waals surface area contributed by atoms with Crippen molar-refractivity contribution in [2.75, 3.05) is 12.3 Å². The molecule has 0 spiro atoms. The lowest BCUT2D eigenvalue weighted by molar-refractivity contribution is 0.325. The van der Waals surface area contributed by atoms with Crippen LogP contribution in [0, 0.1) is 5.92 Å². The monoisotopic (exact) mass is 315 g/mol. The van der Waals surface area contributed by atoms with Crippen molar-refractivity contribution in [1.82, 2.24) is 10.2 Å². The number of ether oxygens (including phenoxy) is 1. The van der Waals surface area contributed by atoms with Crippen molar-refractivity contribution >= 4 is 28.1 Å². The summed E-state index contributed by atoms with van der Waals surface area (Å²) in [6, 6.07) is 6.35. The first-order chi connectivity index (χ1) is 10.6. The molecule has 0 aliphatic rings. The van der Waals surface area contributed by atoms with Gasteiger partial charge in [-0.15, -0.1) is 0 Å². The van der Waals surface area contributed by atoms with Crippen molar-refractivity contribution in [3.63, 3.8) is 0 Å². The van der Waals surface area contributed by atoms with Crippen molar-refractivity contribution < 1.29 is 4.74 Å². The number of thiophene rings is 1. The van der Waals surface area contributed by atoms with E-state index in [0.29, 0.717) is 18.3 Å². The molecule has 0 amide bonds. The van der Waals surface area contributed by atoms with E-state index >= 15 is 0 Å². The van der Waals surface area contributed by atoms with Gasteiger partial charge in [0.1, 0.15) is 11.3 Å². The smallest absolute Gasteiger partial charge is 0.153 e. The van der Waals surface area contributed by atoms with Gasteiger partial charge in [-0.05, 0) is 52.4 Å². The largest absolute Gasteiger partial charge is 0.491 e. The highest BCUT2D eigenvalue weighted by atomic mass is 32.1. The summed E-state index contributed by atoms with van der Waals surface area (Å²) in [6.45, 7) is 5.07. The number of fused-ring (bicyclic) bond motifs is 1. The van der Waals surface area contributed by atoms with Crippen LogP contribution in [0.25, 0.3) is 10.9 Å². The van der Waals surface area contributed by atoms with Crippen molar-refractivity contribution in [3.8, 4) is 5.75 Å². The molecule has 3 N–H and O–H groups in total. The number of hydrogen-bond donors (Lipinski definition) is 2. The third kappa shape index (κ3) is 3.25. The number of nitrogen functional groups attached to an aromatic ring is 1. The molecule has 2 heterocycles. The minimum Gasteiger partial charge on any atom is -0.491 e. The Kier molecular flexibility index (Phi) is 4.34. The van der Waals surface area contributed by atoms with Gasteiger partial charge in [0, 0.05) is 11.8 Å². The molecule has 0 aliphatic carbocycles. The van der Waals surface area contributed by atoms with E-state index in [1.54, 1.807) is 11.3 Å². The lowest BCUT2D eigenvalue weighted by Gasteiger charge is -2.11. The van der Waals surface area contributed by atoms with Crippen LogP contribution in [0.3, 0.4) is 0 Å². The second-order valence-corrected chi connectivity index (χ2v) is 6.73. The first-order valence-electron chi connectivity index (χ1n) is 7.54. The van der Waals surface area contributed by atoms with Crippen LogP contribution in [0.1, 0.15) is 25.0 Å². The summed E-state index contributed by atoms with van der Waals surface area (Å²) in [6.07, 6.45) is 1.91. The van der Waals surface area contributed by atoms with Crippen LogP contribution in [0.2, 0.25) is 0 Å². The van der Waals surface area contributed by atoms with Crippen molar-refractivity contribution in [3.05, 3.63) is 40.1 Å². The Bertz CT molecular complexity index is 747. The van der Waals surface area contributed by atoms with Gasteiger partial charge in [-0.1, -0.05) is 13.8 Å². The molecule has 116 valence electrons. The number of aromatic nitrogens is 2. The molecule has 3 rings (SSSR count). The summed E-state index contributed by atoms with van der Waals surface area (Å²) in [5.74, 6) is 1.96. The maximum absolute atomic E-state index is 6.01. The third-order valence-electron chi connectivity index (χ3n) is 3.60. The molecule has 3 aromatic rings. The molecule has 2 aromatic heterocycles. The standard InChI is InChI=1S/C17H21N3OS/c1-11(2)7-13-8-14-16(19-20-17(14)18)15(9-13)21-5-3-12-4-6-22-10-12/h4,6,8-11H,3,5,7H2,1-2H3,(H3,18,19,20). The van der Waals surface area contributed by atoms with E-state index < -0.39 is 0 Å². The highest BCUT2D eigenvalue weighted by Crippen LogP contribution is 2.30. The van der Waals surface area contributed by atoms with Crippen LogP contribution in [0.4, 0.5) is 5.82 Å². The molecule has 0 atom stereocenters. The number of rotatable bonds is 6. The average molecular weight is 315 g/mol. The molecule has 0 aliphatic heterocycles. The molecule has 0 fully saturated rings. The Balaban J connectivity index is 1.82. The van der Waals surface area contributed by atoms with E-state index in [1.165, 1.54) is 11.1 Å². The first kappa shape index (κ1) is 14.9. The van der Waals surface area contributed by atoms with Gasteiger partial charge in [0.15, 0.2) is 5.82 Å². The first-order valence-corrected chi connectivity index (χ1v) is 8.48. The second kappa shape index (κ2) is 6.40. The number of hydrogen-bond acceptors (Lipinski definition) is 4. The highest BCUT2D eigenvalue weighted by molar-refractivity contribution is 7.07. The van der Waals surface area contributed by atoms with Crippen molar-refractivity contribution in [2.45, 2.75) is 26.7 Å². The number of nitrogens with one attached hydrogen (secondary N) is 1. The lowest BCUT2D eigenvalue weighted by Crippen LogP contribution is -2.02. The predicted molar refractivity (Wildman–Crippen MR) is 92.6 cm³/mol. The Morgan fingerprint density at radius 2 is 2.18 bits per heavy atom. The summed E-state index contributed by atoms with van der Waals surface area (Å²) >= 11 is 1.71. The van der Waals surface area contributed by atoms with Gasteiger partial charge in [0.25, 0.3) is 0 Å². The Hall–Kier alpha value is -2.01. The van der Waals surface area contributed by atoms with Gasteiger partial charge in [-0.2, -0.15) is 16.4 Å². The molecule has 0 unspecified atom stereocenters. The van der Waals surface area contributed by atoms with E-state index in [-0.39, 0.29) is 0 Å². The van der Waals surface area contributed by atoms with Crippen molar-refractivity contribution in [2.24, 2.45) is 5.92 Å². The zero-order valence-electron chi connectivity index (χ0n) is 12.9. The maximum Gasteiger partial charge on any atom is 0.153 e. The summed E-state index contributed by atoms with van der Waals surface area (Å²) in [5.41, 5.74) is 9.38. The summed E-state index contributed by atoms with van der Waals surface area (Å²) in [4.78, 5) is 0. The second-order valence-electron chi connectivity index (χ2n) is 5.95. The number of anilines is 1. The fourth-order valence-corrected chi connectivity index (χ4v) is 3.29. The van der Waals surface area contributed by atoms with Crippen LogP contribution in [0.5, 0.6) is 5.75 Å². The Morgan fingerprint density at radius 1 is 1.32 bits per heavy atom. The molecule has 0 bridgehead atoms. The van der Waals surface area contributed by atoms with Crippen LogP contribution in [-0.2, 0) is 12.8 Å². The van der Waals surface area contributed by atoms with Gasteiger partial charge in [0.05, 0.1) is 6.61 Å². The molecular formula is C17H21N3OS. The number of nitrogens with two attached hydrogens (primary N) is 1. The minimum absolute atomic E-state index is 0.531. The van der Waals surface area contributed by atoms with E-state index in [4.69, 9.17) is 10.5 Å². The molecule has 0 saturated heterocycles. The van der Waals surface area contributed by atoms with Gasteiger partial charge in [0.2, 0.25) is 0 Å². The van der Waals surface area contributed by atoms with E-state index in [0.717, 1.165) is 29.5 Å². The molecule has 1 aromatic carbocycles. The molecule has 0 saturated carbocycles. The Labute approximate surface area is 134 Å². The molecule has 4 nitrogen and oxygen atoms in total. The van der Waals surface area contributed by atoms with E-state index in [2.05, 4.69) is 53.0 Å². The third-order valence-corrected chi connectivity index (χ3v) is 4.33. The van der Waals surface area contributed by atoms with E-state index in [9.17, 15) is 0 Å². The maximum atomic E-state index is 6.01. The summed E-state index contributed by atoms with van der Waals surface area (Å²) < 4.78 is 6.01. The normalized spacial score (nSPS) is 11.4. The quantitative estimate of drug-likeness (QED) is 0.722. The lowest BCUT2D eigenvalue weighted by atomic mass is 10.0. The van der Waals surface area contributed by atoms with Gasteiger partial charge < -0.3 is 10.5 Å². The number of H-pyrrole nitrogens is 1. The topological polar surface area (TPSA) is 63.9 Å². The predicted octanol–water partition coefficient (Wildman–Crippen LogP) is 4.03. The average Bonchev–Trinajstić information content (AvgIpc) is 3.09. The number of aromatic amines is 1. The Morgan fingerprint density at radius 3 is 2.91 bits per heavy atom. The summed E-state index contributed by atoms with van der Waals surface area (Å²) in [7, 11) is 0. The fourth-order valence-electron chi connectivity index (χ4n) is 2.58. The zero-order valence-corrected chi connectivity index (χ0v) is 13.7. The van der Waals surface area contributed by atoms with Gasteiger partial charge >= 0.3 is 0 Å². The van der Waals surface area contributed by atoms with Crippen LogP contribution in [-0.4, -0.2) is 16.8 Å². The zero-order chi connectivity index (χ0) is 15.5. The van der Waals surface area contributed by atoms with Crippen molar-refractivity contribution in [1.29, 1.82) is 0 Å². The number of benzene rings is 1. The van der Waals surface area contributed by atoms with Crippen LogP contribution in [0.15, 0.2) is 29.0 Å². The highest BCUT2D eigenvalue weighted by Gasteiger charge is 2.12. The van der Waals surface area contributed by atoms with E-state index in [1.807, 2.05) is 0 Å². The van der Waals surface area contributed by atoms with Crippen LogP contribution < -0.4 is 10.5 Å². The minimum atomic E-state index is 0.531. The van der Waals surface area contributed by atoms with Gasteiger partial charge in [-0.3, -0.25) is 5.10 Å². The molecule has 22 heavy (non-hydrogen) atoms. The number of nitrogens with zero attached hydrogens (tertiary/aromatic N) is 1. The SMILES string of the molecule is CC(C)Cc1cc(OCCc2ccsc2)c2[nH]nc(N)c2c1. The van der Waals surface area contributed by atoms with Crippen LogP contribution >= 0.6 is 11.3 Å². The fraction of sp³-hybridized carbons (Fsp3) is 0.353. The molecule has 5 heteroatoms. The molecular weight excluding hydrogens is 294 g/mol. The van der Waals surface area contributed by atoms with Gasteiger partial charge in [-0.25, -0.2) is 0 Å². The molecule has 0 radical (unpaired) electrons. The summed E-state index contributed by atoms with van der Waals surface area (Å²) in [5, 5.41) is 12.3.